The Morgan fingerprint density at radius 2 is 2.35 bits per heavy atom. The number of carbonyl (C=O) groups is 1. The summed E-state index contributed by atoms with van der Waals surface area (Å²) >= 11 is 0. The zero-order valence-corrected chi connectivity index (χ0v) is 11.4. The SMILES string of the molecule is Cc1cc(NC(=O)Cn2cc(CCCCN)nn2)on1. The summed E-state index contributed by atoms with van der Waals surface area (Å²) in [5.74, 6) is 0.0929. The van der Waals surface area contributed by atoms with Crippen LogP contribution in [0.15, 0.2) is 16.8 Å². The van der Waals surface area contributed by atoms with Gasteiger partial charge in [-0.1, -0.05) is 10.4 Å². The van der Waals surface area contributed by atoms with Gasteiger partial charge in [-0.05, 0) is 32.7 Å². The molecule has 2 aromatic heterocycles. The van der Waals surface area contributed by atoms with E-state index in [0.717, 1.165) is 25.0 Å². The first kappa shape index (κ1) is 14.2. The van der Waals surface area contributed by atoms with Crippen molar-refractivity contribution in [1.29, 1.82) is 0 Å². The van der Waals surface area contributed by atoms with Gasteiger partial charge in [-0.3, -0.25) is 10.1 Å². The smallest absolute Gasteiger partial charge is 0.248 e. The van der Waals surface area contributed by atoms with E-state index in [1.165, 1.54) is 4.68 Å². The molecular weight excluding hydrogens is 260 g/mol. The van der Waals surface area contributed by atoms with Gasteiger partial charge in [-0.15, -0.1) is 5.10 Å². The summed E-state index contributed by atoms with van der Waals surface area (Å²) in [5.41, 5.74) is 7.00. The summed E-state index contributed by atoms with van der Waals surface area (Å²) in [4.78, 5) is 11.8. The Balaban J connectivity index is 1.82. The summed E-state index contributed by atoms with van der Waals surface area (Å²) in [7, 11) is 0. The van der Waals surface area contributed by atoms with Crippen LogP contribution in [0.1, 0.15) is 24.2 Å². The van der Waals surface area contributed by atoms with Gasteiger partial charge in [0, 0.05) is 12.3 Å². The van der Waals surface area contributed by atoms with E-state index in [-0.39, 0.29) is 12.5 Å². The molecule has 0 spiro atoms. The lowest BCUT2D eigenvalue weighted by molar-refractivity contribution is -0.117. The molecule has 1 amide bonds. The number of nitrogens with one attached hydrogen (secondary N) is 1. The molecule has 8 nitrogen and oxygen atoms in total. The van der Waals surface area contributed by atoms with Crippen molar-refractivity contribution in [2.75, 3.05) is 11.9 Å². The first-order valence-corrected chi connectivity index (χ1v) is 6.49. The van der Waals surface area contributed by atoms with E-state index in [4.69, 9.17) is 10.3 Å². The Bertz CT molecular complexity index is 562. The third kappa shape index (κ3) is 4.16. The Kier molecular flexibility index (Phi) is 4.83. The Labute approximate surface area is 116 Å². The van der Waals surface area contributed by atoms with Crippen LogP contribution in [0.2, 0.25) is 0 Å². The molecule has 0 bridgehead atoms. The lowest BCUT2D eigenvalue weighted by atomic mass is 10.2. The van der Waals surface area contributed by atoms with E-state index in [1.54, 1.807) is 19.2 Å². The van der Waals surface area contributed by atoms with Gasteiger partial charge in [0.1, 0.15) is 6.54 Å². The van der Waals surface area contributed by atoms with Gasteiger partial charge in [-0.2, -0.15) is 0 Å². The van der Waals surface area contributed by atoms with Gasteiger partial charge in [0.2, 0.25) is 11.8 Å². The molecular formula is C12H18N6O2. The third-order valence-electron chi connectivity index (χ3n) is 2.67. The molecule has 0 aromatic carbocycles. The fourth-order valence-corrected chi connectivity index (χ4v) is 1.73. The zero-order chi connectivity index (χ0) is 14.4. The normalized spacial score (nSPS) is 10.7. The highest BCUT2D eigenvalue weighted by atomic mass is 16.5. The fraction of sp³-hybridized carbons (Fsp3) is 0.500. The Morgan fingerprint density at radius 1 is 1.50 bits per heavy atom. The van der Waals surface area contributed by atoms with Crippen LogP contribution >= 0.6 is 0 Å². The van der Waals surface area contributed by atoms with Crippen LogP contribution in [0.25, 0.3) is 0 Å². The molecule has 0 unspecified atom stereocenters. The van der Waals surface area contributed by atoms with Gasteiger partial charge in [0.25, 0.3) is 0 Å². The summed E-state index contributed by atoms with van der Waals surface area (Å²) in [6.45, 7) is 2.54. The lowest BCUT2D eigenvalue weighted by Crippen LogP contribution is -2.18. The molecule has 0 aliphatic carbocycles. The van der Waals surface area contributed by atoms with Crippen molar-refractivity contribution in [2.45, 2.75) is 32.7 Å². The Morgan fingerprint density at radius 3 is 3.05 bits per heavy atom. The maximum atomic E-state index is 11.8. The van der Waals surface area contributed by atoms with Crippen LogP contribution in [-0.4, -0.2) is 32.6 Å². The molecule has 0 saturated carbocycles. The number of nitrogens with two attached hydrogens (primary N) is 1. The molecule has 0 radical (unpaired) electrons. The minimum absolute atomic E-state index is 0.0869. The van der Waals surface area contributed by atoms with Crippen molar-refractivity contribution >= 4 is 11.8 Å². The molecule has 2 heterocycles. The van der Waals surface area contributed by atoms with Crippen LogP contribution in [0, 0.1) is 6.92 Å². The molecule has 108 valence electrons. The second kappa shape index (κ2) is 6.80. The molecule has 0 atom stereocenters. The third-order valence-corrected chi connectivity index (χ3v) is 2.67. The second-order valence-corrected chi connectivity index (χ2v) is 4.53. The van der Waals surface area contributed by atoms with Crippen LogP contribution in [0.4, 0.5) is 5.88 Å². The summed E-state index contributed by atoms with van der Waals surface area (Å²) in [6.07, 6.45) is 4.51. The average Bonchev–Trinajstić information content (AvgIpc) is 2.99. The fourth-order valence-electron chi connectivity index (χ4n) is 1.73. The molecule has 0 aliphatic heterocycles. The number of carbonyl (C=O) groups excluding carboxylic acids is 1. The second-order valence-electron chi connectivity index (χ2n) is 4.53. The van der Waals surface area contributed by atoms with Crippen molar-refractivity contribution in [3.63, 3.8) is 0 Å². The number of amides is 1. The monoisotopic (exact) mass is 278 g/mol. The van der Waals surface area contributed by atoms with Crippen LogP contribution in [0.3, 0.4) is 0 Å². The van der Waals surface area contributed by atoms with E-state index in [2.05, 4.69) is 20.8 Å². The van der Waals surface area contributed by atoms with E-state index < -0.39 is 0 Å². The standard InChI is InChI=1S/C12H18N6O2/c1-9-6-12(20-16-9)14-11(19)8-18-7-10(15-17-18)4-2-3-5-13/h6-7H,2-5,8,13H2,1H3,(H,14,19). The Hall–Kier alpha value is -2.22. The van der Waals surface area contributed by atoms with Crippen molar-refractivity contribution in [1.82, 2.24) is 20.2 Å². The van der Waals surface area contributed by atoms with E-state index >= 15 is 0 Å². The summed E-state index contributed by atoms with van der Waals surface area (Å²) in [5, 5.41) is 14.2. The number of rotatable bonds is 7. The van der Waals surface area contributed by atoms with Crippen LogP contribution in [0.5, 0.6) is 0 Å². The highest BCUT2D eigenvalue weighted by molar-refractivity contribution is 5.89. The van der Waals surface area contributed by atoms with Crippen molar-refractivity contribution < 1.29 is 9.32 Å². The van der Waals surface area contributed by atoms with Crippen LogP contribution in [-0.2, 0) is 17.8 Å². The lowest BCUT2D eigenvalue weighted by Gasteiger charge is -2.00. The number of unbranched alkanes of at least 4 members (excludes halogenated alkanes) is 1. The largest absolute Gasteiger partial charge is 0.338 e. The molecule has 2 rings (SSSR count). The predicted molar refractivity (Wildman–Crippen MR) is 71.9 cm³/mol. The first-order valence-electron chi connectivity index (χ1n) is 6.49. The number of nitrogens with zero attached hydrogens (tertiary/aromatic N) is 4. The summed E-state index contributed by atoms with van der Waals surface area (Å²) < 4.78 is 6.40. The molecule has 3 N–H and O–H groups in total. The highest BCUT2D eigenvalue weighted by Gasteiger charge is 2.09. The van der Waals surface area contributed by atoms with Gasteiger partial charge >= 0.3 is 0 Å². The van der Waals surface area contributed by atoms with Crippen LogP contribution < -0.4 is 11.1 Å². The maximum Gasteiger partial charge on any atom is 0.248 e. The van der Waals surface area contributed by atoms with Crippen molar-refractivity contribution in [3.05, 3.63) is 23.7 Å². The topological polar surface area (TPSA) is 112 Å². The van der Waals surface area contributed by atoms with E-state index in [0.29, 0.717) is 18.1 Å². The first-order chi connectivity index (χ1) is 9.67. The average molecular weight is 278 g/mol. The van der Waals surface area contributed by atoms with Crippen molar-refractivity contribution in [3.8, 4) is 0 Å². The predicted octanol–water partition coefficient (Wildman–Crippen LogP) is 0.495. The van der Waals surface area contributed by atoms with Crippen molar-refractivity contribution in [2.24, 2.45) is 5.73 Å². The number of aromatic nitrogens is 4. The summed E-state index contributed by atoms with van der Waals surface area (Å²) in [6, 6.07) is 1.65. The number of anilines is 1. The number of aryl methyl sites for hydroxylation is 2. The van der Waals surface area contributed by atoms with Gasteiger partial charge in [0.15, 0.2) is 0 Å². The number of hydrogen-bond acceptors (Lipinski definition) is 6. The van der Waals surface area contributed by atoms with Gasteiger partial charge < -0.3 is 10.3 Å². The number of hydrogen-bond donors (Lipinski definition) is 2. The molecule has 0 fully saturated rings. The highest BCUT2D eigenvalue weighted by Crippen LogP contribution is 2.08. The van der Waals surface area contributed by atoms with Gasteiger partial charge in [0.05, 0.1) is 11.4 Å². The quantitative estimate of drug-likeness (QED) is 0.713. The van der Waals surface area contributed by atoms with E-state index in [9.17, 15) is 4.79 Å². The molecule has 0 aliphatic rings. The van der Waals surface area contributed by atoms with Gasteiger partial charge in [-0.25, -0.2) is 4.68 Å². The maximum absolute atomic E-state index is 11.8. The molecule has 0 saturated heterocycles. The molecule has 20 heavy (non-hydrogen) atoms. The molecule has 2 aromatic rings. The van der Waals surface area contributed by atoms with E-state index in [1.807, 2.05) is 0 Å². The minimum atomic E-state index is -0.237. The molecule has 8 heteroatoms. The minimum Gasteiger partial charge on any atom is -0.338 e. The zero-order valence-electron chi connectivity index (χ0n) is 11.4.